The monoisotopic (exact) mass is 251 g/mol. The van der Waals surface area contributed by atoms with Crippen LogP contribution in [-0.2, 0) is 14.3 Å². The fourth-order valence-corrected chi connectivity index (χ4v) is 2.89. The molecule has 3 unspecified atom stereocenters. The summed E-state index contributed by atoms with van der Waals surface area (Å²) >= 11 is 0. The van der Waals surface area contributed by atoms with Crippen molar-refractivity contribution in [2.45, 2.75) is 32.6 Å². The molecule has 18 heavy (non-hydrogen) atoms. The third-order valence-corrected chi connectivity index (χ3v) is 3.78. The maximum absolute atomic E-state index is 11.9. The average molecular weight is 251 g/mol. The van der Waals surface area contributed by atoms with E-state index < -0.39 is 0 Å². The number of carbonyl (C=O) groups is 2. The number of rotatable bonds is 6. The minimum atomic E-state index is -0.186. The van der Waals surface area contributed by atoms with Crippen LogP contribution in [-0.4, -0.2) is 25.0 Å². The number of amides is 1. The normalized spacial score (nSPS) is 28.4. The number of hydrogen-bond donors (Lipinski definition) is 1. The number of esters is 1. The standard InChI is InChI=1S/C14H21NO3/c1-2-18-13(16)4-3-7-15-14(17)12-9-10-5-6-11(12)8-10/h5-6,10-12H,2-4,7-9H2,1H3,(H,15,17). The summed E-state index contributed by atoms with van der Waals surface area (Å²) in [6.45, 7) is 2.78. The van der Waals surface area contributed by atoms with E-state index in [4.69, 9.17) is 4.74 Å². The second-order valence-corrected chi connectivity index (χ2v) is 5.09. The highest BCUT2D eigenvalue weighted by Gasteiger charge is 2.39. The third-order valence-electron chi connectivity index (χ3n) is 3.78. The zero-order valence-corrected chi connectivity index (χ0v) is 10.9. The van der Waals surface area contributed by atoms with Gasteiger partial charge in [0, 0.05) is 18.9 Å². The molecule has 1 saturated carbocycles. The van der Waals surface area contributed by atoms with E-state index in [9.17, 15) is 9.59 Å². The van der Waals surface area contributed by atoms with Gasteiger partial charge in [-0.1, -0.05) is 12.2 Å². The number of ether oxygens (including phenoxy) is 1. The molecule has 100 valence electrons. The van der Waals surface area contributed by atoms with E-state index in [1.165, 1.54) is 0 Å². The first kappa shape index (κ1) is 13.1. The molecule has 0 saturated heterocycles. The summed E-state index contributed by atoms with van der Waals surface area (Å²) in [5.41, 5.74) is 0. The molecule has 0 heterocycles. The van der Waals surface area contributed by atoms with Crippen molar-refractivity contribution in [1.29, 1.82) is 0 Å². The van der Waals surface area contributed by atoms with E-state index in [2.05, 4.69) is 17.5 Å². The van der Waals surface area contributed by atoms with Crippen LogP contribution in [0.3, 0.4) is 0 Å². The lowest BCUT2D eigenvalue weighted by atomic mass is 9.93. The lowest BCUT2D eigenvalue weighted by Crippen LogP contribution is -2.33. The van der Waals surface area contributed by atoms with Crippen LogP contribution in [0.25, 0.3) is 0 Å². The minimum Gasteiger partial charge on any atom is -0.466 e. The van der Waals surface area contributed by atoms with Crippen molar-refractivity contribution in [1.82, 2.24) is 5.32 Å². The quantitative estimate of drug-likeness (QED) is 0.444. The first-order valence-corrected chi connectivity index (χ1v) is 6.82. The summed E-state index contributed by atoms with van der Waals surface area (Å²) in [5, 5.41) is 2.93. The predicted octanol–water partition coefficient (Wildman–Crippen LogP) is 1.66. The van der Waals surface area contributed by atoms with Gasteiger partial charge in [0.15, 0.2) is 0 Å². The summed E-state index contributed by atoms with van der Waals surface area (Å²) in [6, 6.07) is 0. The Bertz CT molecular complexity index is 351. The molecule has 2 bridgehead atoms. The highest BCUT2D eigenvalue weighted by Crippen LogP contribution is 2.43. The van der Waals surface area contributed by atoms with Crippen molar-refractivity contribution in [3.8, 4) is 0 Å². The van der Waals surface area contributed by atoms with Gasteiger partial charge in [0.2, 0.25) is 5.91 Å². The van der Waals surface area contributed by atoms with E-state index in [1.807, 2.05) is 0 Å². The van der Waals surface area contributed by atoms with Crippen LogP contribution in [0, 0.1) is 17.8 Å². The predicted molar refractivity (Wildman–Crippen MR) is 67.7 cm³/mol. The van der Waals surface area contributed by atoms with E-state index in [-0.39, 0.29) is 17.8 Å². The number of fused-ring (bicyclic) bond motifs is 2. The van der Waals surface area contributed by atoms with Crippen molar-refractivity contribution >= 4 is 11.9 Å². The molecule has 2 aliphatic carbocycles. The Balaban J connectivity index is 1.61. The van der Waals surface area contributed by atoms with Crippen molar-refractivity contribution in [3.63, 3.8) is 0 Å². The number of allylic oxidation sites excluding steroid dienone is 2. The van der Waals surface area contributed by atoms with Gasteiger partial charge in [-0.05, 0) is 38.0 Å². The maximum Gasteiger partial charge on any atom is 0.305 e. The lowest BCUT2D eigenvalue weighted by molar-refractivity contribution is -0.143. The summed E-state index contributed by atoms with van der Waals surface area (Å²) in [7, 11) is 0. The molecule has 4 heteroatoms. The molecule has 0 aromatic heterocycles. The zero-order valence-electron chi connectivity index (χ0n) is 10.9. The topological polar surface area (TPSA) is 55.4 Å². The van der Waals surface area contributed by atoms with Crippen molar-refractivity contribution in [2.24, 2.45) is 17.8 Å². The fraction of sp³-hybridized carbons (Fsp3) is 0.714. The van der Waals surface area contributed by atoms with Gasteiger partial charge in [-0.2, -0.15) is 0 Å². The van der Waals surface area contributed by atoms with E-state index in [0.29, 0.717) is 37.8 Å². The molecule has 4 nitrogen and oxygen atoms in total. The van der Waals surface area contributed by atoms with Crippen LogP contribution < -0.4 is 5.32 Å². The molecule has 0 radical (unpaired) electrons. The van der Waals surface area contributed by atoms with Crippen molar-refractivity contribution in [3.05, 3.63) is 12.2 Å². The van der Waals surface area contributed by atoms with Crippen LogP contribution in [0.4, 0.5) is 0 Å². The fourth-order valence-electron chi connectivity index (χ4n) is 2.89. The van der Waals surface area contributed by atoms with Crippen LogP contribution in [0.2, 0.25) is 0 Å². The SMILES string of the molecule is CCOC(=O)CCCNC(=O)C1CC2C=CC1C2. The number of nitrogens with one attached hydrogen (secondary N) is 1. The Morgan fingerprint density at radius 3 is 2.78 bits per heavy atom. The maximum atomic E-state index is 11.9. The van der Waals surface area contributed by atoms with Gasteiger partial charge in [-0.25, -0.2) is 0 Å². The summed E-state index contributed by atoms with van der Waals surface area (Å²) in [4.78, 5) is 23.0. The Kier molecular flexibility index (Phi) is 4.39. The number of hydrogen-bond acceptors (Lipinski definition) is 3. The van der Waals surface area contributed by atoms with Gasteiger partial charge >= 0.3 is 5.97 Å². The Hall–Kier alpha value is -1.32. The van der Waals surface area contributed by atoms with Gasteiger partial charge in [-0.15, -0.1) is 0 Å². The smallest absolute Gasteiger partial charge is 0.305 e. The first-order chi connectivity index (χ1) is 8.70. The third kappa shape index (κ3) is 3.12. The van der Waals surface area contributed by atoms with Crippen LogP contribution in [0.1, 0.15) is 32.6 Å². The first-order valence-electron chi connectivity index (χ1n) is 6.82. The van der Waals surface area contributed by atoms with E-state index in [0.717, 1.165) is 12.8 Å². The molecule has 0 aromatic carbocycles. The molecular weight excluding hydrogens is 230 g/mol. The van der Waals surface area contributed by atoms with Gasteiger partial charge < -0.3 is 10.1 Å². The highest BCUT2D eigenvalue weighted by molar-refractivity contribution is 5.80. The molecule has 2 rings (SSSR count). The lowest BCUT2D eigenvalue weighted by Gasteiger charge is -2.17. The van der Waals surface area contributed by atoms with Crippen molar-refractivity contribution < 1.29 is 14.3 Å². The van der Waals surface area contributed by atoms with Gasteiger partial charge in [0.05, 0.1) is 6.61 Å². The molecule has 1 fully saturated rings. The molecule has 0 spiro atoms. The van der Waals surface area contributed by atoms with Crippen LogP contribution >= 0.6 is 0 Å². The largest absolute Gasteiger partial charge is 0.466 e. The highest BCUT2D eigenvalue weighted by atomic mass is 16.5. The van der Waals surface area contributed by atoms with Crippen LogP contribution in [0.5, 0.6) is 0 Å². The van der Waals surface area contributed by atoms with Crippen molar-refractivity contribution in [2.75, 3.05) is 13.2 Å². The Labute approximate surface area is 108 Å². The molecule has 1 amide bonds. The molecule has 0 aromatic rings. The summed E-state index contributed by atoms with van der Waals surface area (Å²) in [5.74, 6) is 1.18. The van der Waals surface area contributed by atoms with E-state index in [1.54, 1.807) is 6.92 Å². The Morgan fingerprint density at radius 1 is 1.33 bits per heavy atom. The molecule has 2 aliphatic rings. The molecular formula is C14H21NO3. The second kappa shape index (κ2) is 6.03. The molecule has 0 aliphatic heterocycles. The van der Waals surface area contributed by atoms with Gasteiger partial charge in [0.25, 0.3) is 0 Å². The Morgan fingerprint density at radius 2 is 2.17 bits per heavy atom. The van der Waals surface area contributed by atoms with E-state index >= 15 is 0 Å². The van der Waals surface area contributed by atoms with Gasteiger partial charge in [0.1, 0.15) is 0 Å². The average Bonchev–Trinajstić information content (AvgIpc) is 2.97. The van der Waals surface area contributed by atoms with Gasteiger partial charge in [-0.3, -0.25) is 9.59 Å². The molecule has 3 atom stereocenters. The summed E-state index contributed by atoms with van der Waals surface area (Å²) in [6.07, 6.45) is 7.57. The van der Waals surface area contributed by atoms with Crippen LogP contribution in [0.15, 0.2) is 12.2 Å². The summed E-state index contributed by atoms with van der Waals surface area (Å²) < 4.78 is 4.83. The number of carbonyl (C=O) groups excluding carboxylic acids is 2. The molecule has 1 N–H and O–H groups in total. The minimum absolute atomic E-state index is 0.149. The second-order valence-electron chi connectivity index (χ2n) is 5.09. The zero-order chi connectivity index (χ0) is 13.0.